The van der Waals surface area contributed by atoms with Crippen LogP contribution in [0.5, 0.6) is 11.5 Å². The van der Waals surface area contributed by atoms with E-state index in [0.29, 0.717) is 5.75 Å². The average Bonchev–Trinajstić information content (AvgIpc) is 2.64. The van der Waals surface area contributed by atoms with Crippen LogP contribution in [-0.2, 0) is 0 Å². The molecule has 2 N–H and O–H groups in total. The van der Waals surface area contributed by atoms with Crippen molar-refractivity contribution in [1.29, 1.82) is 0 Å². The van der Waals surface area contributed by atoms with Crippen LogP contribution >= 0.6 is 23.2 Å². The number of carbonyl (C=O) groups is 1. The van der Waals surface area contributed by atoms with Gasteiger partial charge >= 0.3 is 0 Å². The molecule has 0 aromatic heterocycles. The number of methoxy groups -OCH3 is 1. The molecule has 26 heavy (non-hydrogen) atoms. The van der Waals surface area contributed by atoms with Crippen molar-refractivity contribution in [3.63, 3.8) is 0 Å². The zero-order valence-electron chi connectivity index (χ0n) is 13.7. The molecule has 0 bridgehead atoms. The van der Waals surface area contributed by atoms with Gasteiger partial charge < -0.3 is 9.84 Å². The minimum atomic E-state index is -0.637. The molecular formula is C19H14Cl2N2O3. The molecule has 0 aliphatic rings. The summed E-state index contributed by atoms with van der Waals surface area (Å²) in [4.78, 5) is 12.2. The highest BCUT2D eigenvalue weighted by Crippen LogP contribution is 2.31. The molecule has 5 nitrogen and oxygen atoms in total. The van der Waals surface area contributed by atoms with Crippen molar-refractivity contribution in [2.75, 3.05) is 7.11 Å². The van der Waals surface area contributed by atoms with Crippen molar-refractivity contribution in [1.82, 2.24) is 5.43 Å². The van der Waals surface area contributed by atoms with Crippen LogP contribution in [-0.4, -0.2) is 24.3 Å². The molecule has 3 aromatic rings. The number of amides is 1. The van der Waals surface area contributed by atoms with Crippen molar-refractivity contribution in [2.45, 2.75) is 0 Å². The third kappa shape index (κ3) is 3.59. The van der Waals surface area contributed by atoms with E-state index in [4.69, 9.17) is 27.9 Å². The second kappa shape index (κ2) is 7.64. The Bertz CT molecular complexity index is 1020. The van der Waals surface area contributed by atoms with E-state index in [-0.39, 0.29) is 21.4 Å². The largest absolute Gasteiger partial charge is 0.506 e. The molecule has 0 fully saturated rings. The smallest absolute Gasteiger partial charge is 0.275 e. The van der Waals surface area contributed by atoms with Gasteiger partial charge in [-0.15, -0.1) is 0 Å². The number of carbonyl (C=O) groups excluding carboxylic acids is 1. The second-order valence-corrected chi connectivity index (χ2v) is 6.23. The summed E-state index contributed by atoms with van der Waals surface area (Å²) in [7, 11) is 1.56. The lowest BCUT2D eigenvalue weighted by atomic mass is 10.0. The molecule has 7 heteroatoms. The number of hydrogen-bond acceptors (Lipinski definition) is 4. The number of benzene rings is 3. The van der Waals surface area contributed by atoms with Gasteiger partial charge in [-0.05, 0) is 29.0 Å². The summed E-state index contributed by atoms with van der Waals surface area (Å²) < 4.78 is 5.37. The number of nitrogens with one attached hydrogen (secondary N) is 1. The van der Waals surface area contributed by atoms with Gasteiger partial charge in [-0.25, -0.2) is 5.43 Å². The van der Waals surface area contributed by atoms with E-state index in [9.17, 15) is 9.90 Å². The third-order valence-electron chi connectivity index (χ3n) is 3.78. The standard InChI is InChI=1S/C19H14Cl2N2O3/c1-26-17-7-6-11-4-2-3-5-13(11)15(17)10-22-23-19(25)14-8-12(20)9-16(21)18(14)24/h2-10,24H,1H3,(H,23,25)/b22-10+. The van der Waals surface area contributed by atoms with E-state index in [1.165, 1.54) is 18.3 Å². The van der Waals surface area contributed by atoms with E-state index in [1.807, 2.05) is 36.4 Å². The number of ether oxygens (including phenoxy) is 1. The van der Waals surface area contributed by atoms with Crippen molar-refractivity contribution in [2.24, 2.45) is 5.10 Å². The van der Waals surface area contributed by atoms with E-state index in [2.05, 4.69) is 10.5 Å². The van der Waals surface area contributed by atoms with Crippen LogP contribution in [0.15, 0.2) is 53.6 Å². The highest BCUT2D eigenvalue weighted by Gasteiger charge is 2.15. The molecule has 132 valence electrons. The van der Waals surface area contributed by atoms with Gasteiger partial charge in [0.15, 0.2) is 0 Å². The molecule has 0 heterocycles. The number of fused-ring (bicyclic) bond motifs is 1. The summed E-state index contributed by atoms with van der Waals surface area (Å²) >= 11 is 11.7. The number of phenolic OH excluding ortho intramolecular Hbond substituents is 1. The second-order valence-electron chi connectivity index (χ2n) is 5.39. The number of nitrogens with zero attached hydrogens (tertiary/aromatic N) is 1. The Balaban J connectivity index is 1.90. The number of aromatic hydroxyl groups is 1. The van der Waals surface area contributed by atoms with Crippen molar-refractivity contribution in [3.05, 3.63) is 69.7 Å². The summed E-state index contributed by atoms with van der Waals surface area (Å²) in [6.07, 6.45) is 1.49. The number of phenols is 1. The maximum Gasteiger partial charge on any atom is 0.275 e. The Morgan fingerprint density at radius 2 is 1.96 bits per heavy atom. The molecule has 1 amide bonds. The minimum Gasteiger partial charge on any atom is -0.506 e. The van der Waals surface area contributed by atoms with Gasteiger partial charge in [0.2, 0.25) is 0 Å². The van der Waals surface area contributed by atoms with Crippen molar-refractivity contribution in [3.8, 4) is 11.5 Å². The topological polar surface area (TPSA) is 70.9 Å². The Morgan fingerprint density at radius 3 is 2.73 bits per heavy atom. The molecule has 0 atom stereocenters. The molecule has 3 rings (SSSR count). The maximum absolute atomic E-state index is 12.2. The quantitative estimate of drug-likeness (QED) is 0.505. The predicted octanol–water partition coefficient (Wildman–Crippen LogP) is 4.62. The number of hydrogen-bond donors (Lipinski definition) is 2. The average molecular weight is 389 g/mol. The van der Waals surface area contributed by atoms with Crippen LogP contribution in [0.4, 0.5) is 0 Å². The molecule has 0 aliphatic carbocycles. The Morgan fingerprint density at radius 1 is 1.19 bits per heavy atom. The third-order valence-corrected chi connectivity index (χ3v) is 4.29. The molecule has 3 aromatic carbocycles. The van der Waals surface area contributed by atoms with E-state index < -0.39 is 5.91 Å². The first-order chi connectivity index (χ1) is 12.5. The monoisotopic (exact) mass is 388 g/mol. The maximum atomic E-state index is 12.2. The van der Waals surface area contributed by atoms with Gasteiger partial charge in [0.1, 0.15) is 11.5 Å². The van der Waals surface area contributed by atoms with Crippen LogP contribution in [0, 0.1) is 0 Å². The highest BCUT2D eigenvalue weighted by atomic mass is 35.5. The van der Waals surface area contributed by atoms with Gasteiger partial charge in [0.25, 0.3) is 5.91 Å². The first-order valence-corrected chi connectivity index (χ1v) is 8.34. The molecular weight excluding hydrogens is 375 g/mol. The molecule has 0 saturated carbocycles. The zero-order valence-corrected chi connectivity index (χ0v) is 15.2. The first-order valence-electron chi connectivity index (χ1n) is 7.58. The van der Waals surface area contributed by atoms with Gasteiger partial charge in [0.05, 0.1) is 23.9 Å². The molecule has 0 spiro atoms. The summed E-state index contributed by atoms with van der Waals surface area (Å²) in [5, 5.41) is 16.0. The van der Waals surface area contributed by atoms with E-state index in [0.717, 1.165) is 16.3 Å². The van der Waals surface area contributed by atoms with Gasteiger partial charge in [-0.3, -0.25) is 4.79 Å². The normalized spacial score (nSPS) is 11.0. The van der Waals surface area contributed by atoms with Gasteiger partial charge in [-0.1, -0.05) is 53.5 Å². The van der Waals surface area contributed by atoms with Gasteiger partial charge in [0, 0.05) is 10.6 Å². The fraction of sp³-hybridized carbons (Fsp3) is 0.0526. The lowest BCUT2D eigenvalue weighted by Gasteiger charge is -2.09. The minimum absolute atomic E-state index is 0.0117. The van der Waals surface area contributed by atoms with Crippen LogP contribution in [0.3, 0.4) is 0 Å². The number of hydrazone groups is 1. The van der Waals surface area contributed by atoms with Crippen LogP contribution in [0.2, 0.25) is 10.0 Å². The van der Waals surface area contributed by atoms with Crippen LogP contribution < -0.4 is 10.2 Å². The Hall–Kier alpha value is -2.76. The molecule has 0 unspecified atom stereocenters. The highest BCUT2D eigenvalue weighted by molar-refractivity contribution is 6.36. The SMILES string of the molecule is COc1ccc2ccccc2c1/C=N/NC(=O)c1cc(Cl)cc(Cl)c1O. The van der Waals surface area contributed by atoms with E-state index in [1.54, 1.807) is 7.11 Å². The van der Waals surface area contributed by atoms with Crippen molar-refractivity contribution >= 4 is 46.1 Å². The molecule has 0 aliphatic heterocycles. The van der Waals surface area contributed by atoms with E-state index >= 15 is 0 Å². The number of rotatable bonds is 4. The fourth-order valence-corrected chi connectivity index (χ4v) is 3.03. The summed E-state index contributed by atoms with van der Waals surface area (Å²) in [5.41, 5.74) is 3.01. The van der Waals surface area contributed by atoms with Crippen LogP contribution in [0.25, 0.3) is 10.8 Å². The Labute approximate surface area is 159 Å². The predicted molar refractivity (Wildman–Crippen MR) is 104 cm³/mol. The Kier molecular flexibility index (Phi) is 5.30. The number of halogens is 2. The first kappa shape index (κ1) is 18.0. The van der Waals surface area contributed by atoms with Crippen molar-refractivity contribution < 1.29 is 14.6 Å². The lowest BCUT2D eigenvalue weighted by Crippen LogP contribution is -2.18. The lowest BCUT2D eigenvalue weighted by molar-refractivity contribution is 0.0952. The zero-order chi connectivity index (χ0) is 18.7. The summed E-state index contributed by atoms with van der Waals surface area (Å²) in [6.45, 7) is 0. The molecule has 0 saturated heterocycles. The summed E-state index contributed by atoms with van der Waals surface area (Å²) in [6, 6.07) is 14.2. The van der Waals surface area contributed by atoms with Gasteiger partial charge in [-0.2, -0.15) is 5.10 Å². The summed E-state index contributed by atoms with van der Waals surface area (Å²) in [5.74, 6) is -0.371. The van der Waals surface area contributed by atoms with Crippen LogP contribution in [0.1, 0.15) is 15.9 Å². The fourth-order valence-electron chi connectivity index (χ4n) is 2.54. The molecule has 0 radical (unpaired) electrons.